The lowest BCUT2D eigenvalue weighted by atomic mass is 10.1. The van der Waals surface area contributed by atoms with Gasteiger partial charge in [-0.1, -0.05) is 0 Å². The molecule has 1 saturated heterocycles. The average Bonchev–Trinajstić information content (AvgIpc) is 2.90. The highest BCUT2D eigenvalue weighted by atomic mass is 19.1. The van der Waals surface area contributed by atoms with Crippen LogP contribution in [0.3, 0.4) is 0 Å². The lowest BCUT2D eigenvalue weighted by molar-refractivity contribution is -0.385. The molecular formula is C12H13FN2O2. The minimum absolute atomic E-state index is 0.185. The summed E-state index contributed by atoms with van der Waals surface area (Å²) in [5.74, 6) is 0.196. The normalized spacial score (nSPS) is 26.5. The number of fused-ring (bicyclic) bond motifs is 2. The number of hydrogen-bond acceptors (Lipinski definition) is 3. The van der Waals surface area contributed by atoms with E-state index in [0.29, 0.717) is 17.6 Å². The molecule has 1 aliphatic heterocycles. The summed E-state index contributed by atoms with van der Waals surface area (Å²) in [6.07, 6.45) is 3.48. The van der Waals surface area contributed by atoms with Crippen molar-refractivity contribution in [3.05, 3.63) is 34.1 Å². The van der Waals surface area contributed by atoms with E-state index in [4.69, 9.17) is 0 Å². The van der Waals surface area contributed by atoms with E-state index in [9.17, 15) is 14.5 Å². The van der Waals surface area contributed by atoms with Gasteiger partial charge in [0.2, 0.25) is 0 Å². The summed E-state index contributed by atoms with van der Waals surface area (Å²) in [5, 5.41) is 10.5. The molecule has 3 rings (SSSR count). The van der Waals surface area contributed by atoms with Gasteiger partial charge in [-0.25, -0.2) is 4.39 Å². The third-order valence-electron chi connectivity index (χ3n) is 3.86. The molecule has 4 nitrogen and oxygen atoms in total. The standard InChI is InChI=1S/C12H13FN2O2/c13-11-6-10(15(16)17)3-4-12(11)14-7-8-1-2-9(14)5-8/h3-4,6,8-9H,1-2,5,7H2. The van der Waals surface area contributed by atoms with Crippen LogP contribution < -0.4 is 4.90 Å². The van der Waals surface area contributed by atoms with Crippen LogP contribution in [-0.2, 0) is 0 Å². The second kappa shape index (κ2) is 3.68. The van der Waals surface area contributed by atoms with E-state index >= 15 is 0 Å². The van der Waals surface area contributed by atoms with Gasteiger partial charge < -0.3 is 4.90 Å². The van der Waals surface area contributed by atoms with Crippen LogP contribution in [0, 0.1) is 21.8 Å². The molecule has 1 saturated carbocycles. The first-order valence-electron chi connectivity index (χ1n) is 5.86. The molecule has 2 atom stereocenters. The van der Waals surface area contributed by atoms with Crippen LogP contribution in [0.2, 0.25) is 0 Å². The number of nitro groups is 1. The first kappa shape index (κ1) is 10.5. The molecule has 1 aliphatic carbocycles. The van der Waals surface area contributed by atoms with Crippen molar-refractivity contribution in [1.82, 2.24) is 0 Å². The van der Waals surface area contributed by atoms with Crippen molar-refractivity contribution in [2.45, 2.75) is 25.3 Å². The molecule has 0 aromatic heterocycles. The number of hydrogen-bond donors (Lipinski definition) is 0. The van der Waals surface area contributed by atoms with Gasteiger partial charge in [-0.3, -0.25) is 10.1 Å². The maximum absolute atomic E-state index is 13.8. The molecule has 2 aliphatic rings. The Morgan fingerprint density at radius 2 is 2.24 bits per heavy atom. The molecule has 0 spiro atoms. The Bertz CT molecular complexity index is 478. The number of nitro benzene ring substituents is 1. The maximum Gasteiger partial charge on any atom is 0.272 e. The number of anilines is 1. The summed E-state index contributed by atoms with van der Waals surface area (Å²) in [7, 11) is 0. The number of piperidine rings is 1. The second-order valence-electron chi connectivity index (χ2n) is 4.88. The fraction of sp³-hybridized carbons (Fsp3) is 0.500. The van der Waals surface area contributed by atoms with Crippen molar-refractivity contribution in [1.29, 1.82) is 0 Å². The predicted octanol–water partition coefficient (Wildman–Crippen LogP) is 2.72. The lowest BCUT2D eigenvalue weighted by Crippen LogP contribution is -2.32. The second-order valence-corrected chi connectivity index (χ2v) is 4.88. The molecule has 1 aromatic carbocycles. The Labute approximate surface area is 98.2 Å². The molecule has 2 unspecified atom stereocenters. The summed E-state index contributed by atoms with van der Waals surface area (Å²) in [4.78, 5) is 12.0. The SMILES string of the molecule is O=[N+]([O-])c1ccc(N2CC3CCC2C3)c(F)c1. The van der Waals surface area contributed by atoms with Gasteiger partial charge in [-0.2, -0.15) is 0 Å². The van der Waals surface area contributed by atoms with Gasteiger partial charge in [0, 0.05) is 18.7 Å². The first-order chi connectivity index (χ1) is 8.15. The molecule has 2 bridgehead atoms. The maximum atomic E-state index is 13.8. The molecule has 0 N–H and O–H groups in total. The summed E-state index contributed by atoms with van der Waals surface area (Å²) in [6, 6.07) is 4.36. The Morgan fingerprint density at radius 1 is 1.41 bits per heavy atom. The Morgan fingerprint density at radius 3 is 2.76 bits per heavy atom. The highest BCUT2D eigenvalue weighted by molar-refractivity contribution is 5.54. The van der Waals surface area contributed by atoms with E-state index in [1.165, 1.54) is 18.6 Å². The highest BCUT2D eigenvalue weighted by Crippen LogP contribution is 2.41. The number of rotatable bonds is 2. The van der Waals surface area contributed by atoms with E-state index in [0.717, 1.165) is 25.5 Å². The predicted molar refractivity (Wildman–Crippen MR) is 61.5 cm³/mol. The number of halogens is 1. The molecule has 0 amide bonds. The minimum Gasteiger partial charge on any atom is -0.366 e. The van der Waals surface area contributed by atoms with Crippen LogP contribution in [0.1, 0.15) is 19.3 Å². The third kappa shape index (κ3) is 1.66. The van der Waals surface area contributed by atoms with Gasteiger partial charge >= 0.3 is 0 Å². The molecule has 0 radical (unpaired) electrons. The van der Waals surface area contributed by atoms with Crippen molar-refractivity contribution in [2.24, 2.45) is 5.92 Å². The summed E-state index contributed by atoms with van der Waals surface area (Å²) < 4.78 is 13.8. The van der Waals surface area contributed by atoms with E-state index in [2.05, 4.69) is 4.90 Å². The van der Waals surface area contributed by atoms with Crippen molar-refractivity contribution >= 4 is 11.4 Å². The van der Waals surface area contributed by atoms with Crippen LogP contribution >= 0.6 is 0 Å². The van der Waals surface area contributed by atoms with Gasteiger partial charge in [-0.05, 0) is 31.2 Å². The molecule has 1 heterocycles. The number of nitrogens with zero attached hydrogens (tertiary/aromatic N) is 2. The molecule has 2 fully saturated rings. The Kier molecular flexibility index (Phi) is 2.28. The van der Waals surface area contributed by atoms with Gasteiger partial charge in [0.25, 0.3) is 5.69 Å². The summed E-state index contributed by atoms with van der Waals surface area (Å²) in [5.41, 5.74) is 0.332. The van der Waals surface area contributed by atoms with E-state index < -0.39 is 10.7 Å². The van der Waals surface area contributed by atoms with E-state index in [1.807, 2.05) is 0 Å². The van der Waals surface area contributed by atoms with Gasteiger partial charge in [0.15, 0.2) is 5.82 Å². The summed E-state index contributed by atoms with van der Waals surface area (Å²) in [6.45, 7) is 0.888. The van der Waals surface area contributed by atoms with Crippen molar-refractivity contribution in [3.8, 4) is 0 Å². The fourth-order valence-electron chi connectivity index (χ4n) is 3.06. The first-order valence-corrected chi connectivity index (χ1v) is 5.86. The van der Waals surface area contributed by atoms with Crippen molar-refractivity contribution in [2.75, 3.05) is 11.4 Å². The van der Waals surface area contributed by atoms with Gasteiger partial charge in [0.05, 0.1) is 16.7 Å². The van der Waals surface area contributed by atoms with Crippen molar-refractivity contribution < 1.29 is 9.31 Å². The van der Waals surface area contributed by atoms with E-state index in [1.54, 1.807) is 0 Å². The van der Waals surface area contributed by atoms with Crippen LogP contribution in [0.25, 0.3) is 0 Å². The number of benzene rings is 1. The van der Waals surface area contributed by atoms with Gasteiger partial charge in [0.1, 0.15) is 0 Å². The molecule has 17 heavy (non-hydrogen) atoms. The Balaban J connectivity index is 1.91. The van der Waals surface area contributed by atoms with E-state index in [-0.39, 0.29) is 5.69 Å². The monoisotopic (exact) mass is 236 g/mol. The van der Waals surface area contributed by atoms with Crippen LogP contribution in [0.4, 0.5) is 15.8 Å². The zero-order chi connectivity index (χ0) is 12.0. The zero-order valence-corrected chi connectivity index (χ0v) is 9.30. The fourth-order valence-corrected chi connectivity index (χ4v) is 3.06. The molecular weight excluding hydrogens is 223 g/mol. The van der Waals surface area contributed by atoms with Crippen LogP contribution in [0.15, 0.2) is 18.2 Å². The molecule has 90 valence electrons. The zero-order valence-electron chi connectivity index (χ0n) is 9.30. The van der Waals surface area contributed by atoms with Crippen LogP contribution in [-0.4, -0.2) is 17.5 Å². The number of non-ortho nitro benzene ring substituents is 1. The molecule has 5 heteroatoms. The highest BCUT2D eigenvalue weighted by Gasteiger charge is 2.38. The quantitative estimate of drug-likeness (QED) is 0.586. The largest absolute Gasteiger partial charge is 0.366 e. The van der Waals surface area contributed by atoms with Crippen LogP contribution in [0.5, 0.6) is 0 Å². The average molecular weight is 236 g/mol. The smallest absolute Gasteiger partial charge is 0.272 e. The third-order valence-corrected chi connectivity index (χ3v) is 3.86. The van der Waals surface area contributed by atoms with Crippen molar-refractivity contribution in [3.63, 3.8) is 0 Å². The lowest BCUT2D eigenvalue weighted by Gasteiger charge is -2.29. The topological polar surface area (TPSA) is 46.4 Å². The molecule has 1 aromatic rings. The summed E-state index contributed by atoms with van der Waals surface area (Å²) >= 11 is 0. The van der Waals surface area contributed by atoms with Gasteiger partial charge in [-0.15, -0.1) is 0 Å². The Hall–Kier alpha value is -1.65. The minimum atomic E-state index is -0.566.